The number of ketones is 2. The maximum atomic E-state index is 15.3. The predicted molar refractivity (Wildman–Crippen MR) is 230 cm³/mol. The summed E-state index contributed by atoms with van der Waals surface area (Å²) in [5.74, 6) is -1.93. The van der Waals surface area contributed by atoms with Crippen molar-refractivity contribution in [2.45, 2.75) is 43.3 Å². The molecule has 2 aromatic heterocycles. The molecule has 61 heavy (non-hydrogen) atoms. The number of phenols is 1. The van der Waals surface area contributed by atoms with Crippen molar-refractivity contribution in [1.82, 2.24) is 23.5 Å². The van der Waals surface area contributed by atoms with Crippen LogP contribution >= 0.6 is 15.9 Å². The lowest BCUT2D eigenvalue weighted by molar-refractivity contribution is -0.133. The molecule has 1 fully saturated rings. The number of benzene rings is 4. The maximum Gasteiger partial charge on any atom is 0.347 e. The topological polar surface area (TPSA) is 166 Å². The summed E-state index contributed by atoms with van der Waals surface area (Å²) < 4.78 is 22.2. The number of hydrogen-bond donors (Lipinski definition) is 1. The zero-order chi connectivity index (χ0) is 42.9. The van der Waals surface area contributed by atoms with E-state index in [1.165, 1.54) is 41.3 Å². The number of Topliss-reactive ketones (excluding diaryl/α,β-unsaturated/α-hetero) is 1. The molecule has 4 atom stereocenters. The van der Waals surface area contributed by atoms with Gasteiger partial charge in [-0.1, -0.05) is 82.7 Å². The van der Waals surface area contributed by atoms with Crippen LogP contribution in [0.3, 0.4) is 0 Å². The molecule has 3 aliphatic rings. The van der Waals surface area contributed by atoms with Crippen molar-refractivity contribution in [2.75, 3.05) is 21.3 Å². The molecule has 0 bridgehead atoms. The van der Waals surface area contributed by atoms with Crippen LogP contribution in [0.1, 0.15) is 40.8 Å². The van der Waals surface area contributed by atoms with Crippen LogP contribution in [0.4, 0.5) is 0 Å². The van der Waals surface area contributed by atoms with Gasteiger partial charge in [-0.3, -0.25) is 14.4 Å². The van der Waals surface area contributed by atoms with E-state index < -0.39 is 40.2 Å². The van der Waals surface area contributed by atoms with E-state index in [0.717, 1.165) is 4.57 Å². The van der Waals surface area contributed by atoms with E-state index >= 15 is 9.59 Å². The number of methoxy groups -OCH3 is 3. The van der Waals surface area contributed by atoms with Crippen LogP contribution in [-0.2, 0) is 41.6 Å². The Morgan fingerprint density at radius 2 is 1.52 bits per heavy atom. The Morgan fingerprint density at radius 3 is 2.21 bits per heavy atom. The third-order valence-electron chi connectivity index (χ3n) is 12.5. The van der Waals surface area contributed by atoms with Gasteiger partial charge in [-0.15, -0.1) is 0 Å². The number of carbonyl (C=O) groups is 2. The number of fused-ring (bicyclic) bond motifs is 5. The second-order valence-electron chi connectivity index (χ2n) is 15.4. The van der Waals surface area contributed by atoms with E-state index in [-0.39, 0.29) is 60.3 Å². The highest BCUT2D eigenvalue weighted by Gasteiger charge is 2.63. The van der Waals surface area contributed by atoms with E-state index in [4.69, 9.17) is 14.2 Å². The Labute approximate surface area is 356 Å². The van der Waals surface area contributed by atoms with Crippen LogP contribution in [-0.4, -0.2) is 61.5 Å². The number of aromatic nitrogens is 5. The van der Waals surface area contributed by atoms with Crippen LogP contribution in [0.25, 0.3) is 16.6 Å². The summed E-state index contributed by atoms with van der Waals surface area (Å²) in [6, 6.07) is 23.8. The number of carbonyl (C=O) groups excluding carboxylic acids is 2. The molecule has 0 unspecified atom stereocenters. The molecule has 4 aromatic carbocycles. The lowest BCUT2D eigenvalue weighted by atomic mass is 9.47. The van der Waals surface area contributed by atoms with Crippen molar-refractivity contribution in [3.05, 3.63) is 161 Å². The minimum atomic E-state index is -1.58. The average molecular weight is 887 g/mol. The number of halogens is 1. The van der Waals surface area contributed by atoms with Gasteiger partial charge in [0.25, 0.3) is 5.56 Å². The quantitative estimate of drug-likeness (QED) is 0.190. The second kappa shape index (κ2) is 15.1. The Morgan fingerprint density at radius 1 is 0.852 bits per heavy atom. The molecule has 0 saturated heterocycles. The Hall–Kier alpha value is -6.74. The molecule has 1 saturated carbocycles. The molecule has 6 aromatic rings. The van der Waals surface area contributed by atoms with Crippen LogP contribution < -0.4 is 31.1 Å². The fourth-order valence-electron chi connectivity index (χ4n) is 9.78. The number of allylic oxidation sites excluding steroid dienone is 4. The van der Waals surface area contributed by atoms with Crippen LogP contribution in [0.15, 0.2) is 122 Å². The smallest absolute Gasteiger partial charge is 0.347 e. The number of hydrogen-bond acceptors (Lipinski definition) is 10. The minimum Gasteiger partial charge on any atom is -0.504 e. The number of nitrogens with zero attached hydrogens (tertiary/aromatic N) is 5. The van der Waals surface area contributed by atoms with Crippen LogP contribution in [0.5, 0.6) is 23.0 Å². The fourth-order valence-corrected chi connectivity index (χ4v) is 10.2. The van der Waals surface area contributed by atoms with Gasteiger partial charge < -0.3 is 23.9 Å². The van der Waals surface area contributed by atoms with Gasteiger partial charge in [0.15, 0.2) is 34.6 Å². The first-order chi connectivity index (χ1) is 29.4. The van der Waals surface area contributed by atoms with Gasteiger partial charge in [-0.25, -0.2) is 28.5 Å². The van der Waals surface area contributed by atoms with E-state index in [9.17, 15) is 19.5 Å². The first-order valence-electron chi connectivity index (χ1n) is 19.7. The summed E-state index contributed by atoms with van der Waals surface area (Å²) in [5.41, 5.74) is 0.138. The number of rotatable bonds is 9. The summed E-state index contributed by atoms with van der Waals surface area (Å²) >= 11 is 3.58. The Kier molecular flexibility index (Phi) is 9.81. The largest absolute Gasteiger partial charge is 0.504 e. The SMILES string of the molecule is COc1cc2nc(CCn3c(=O)n4n(c3=O)[C@@H]3C[C@H]5C(=O)C(c6ccccc6)=CC(=O)[C@@]5(c5ccccc5)[C@@H](c5cc(Br)cc(OC)c5O)C3=CC4)c(=O)n(C)c2cc1OC. The van der Waals surface area contributed by atoms with Gasteiger partial charge in [0.1, 0.15) is 5.69 Å². The molecule has 0 amide bonds. The summed E-state index contributed by atoms with van der Waals surface area (Å²) in [5, 5.41) is 12.0. The van der Waals surface area contributed by atoms with Crippen molar-refractivity contribution < 1.29 is 28.9 Å². The van der Waals surface area contributed by atoms with Crippen molar-refractivity contribution in [2.24, 2.45) is 13.0 Å². The maximum absolute atomic E-state index is 15.3. The molecule has 15 heteroatoms. The molecule has 14 nitrogen and oxygen atoms in total. The van der Waals surface area contributed by atoms with Crippen LogP contribution in [0, 0.1) is 5.92 Å². The highest BCUT2D eigenvalue weighted by Crippen LogP contribution is 2.63. The monoisotopic (exact) mass is 885 g/mol. The number of phenolic OH excluding ortho intramolecular Hbond substituents is 1. The molecule has 0 spiro atoms. The summed E-state index contributed by atoms with van der Waals surface area (Å²) in [4.78, 5) is 77.7. The first kappa shape index (κ1) is 39.7. The third kappa shape index (κ3) is 5.96. The Balaban J connectivity index is 1.21. The van der Waals surface area contributed by atoms with Crippen molar-refractivity contribution in [1.29, 1.82) is 0 Å². The molecular formula is C46H40BrN5O9. The highest BCUT2D eigenvalue weighted by atomic mass is 79.9. The molecule has 2 aliphatic carbocycles. The Bertz CT molecular complexity index is 3060. The van der Waals surface area contributed by atoms with Crippen molar-refractivity contribution in [3.63, 3.8) is 0 Å². The normalized spacial score (nSPS) is 20.6. The summed E-state index contributed by atoms with van der Waals surface area (Å²) in [6.45, 7) is -0.216. The zero-order valence-electron chi connectivity index (χ0n) is 33.6. The molecule has 1 N–H and O–H groups in total. The standard InChI is InChI=1S/C46H40BrN5O9/c1-49-35-24-37(60-3)36(59-2)23-33(35)48-32(43(49)56)16-17-50-44(57)51-18-15-28-34(52(51)45(50)58)22-31-41(54)29(25-11-7-5-8-12-25)21-39(53)46(31,26-13-9-6-10-14-26)40(28)30-19-27(47)20-38(61-4)42(30)55/h5-15,19-21,23-24,31,34,40,55H,16-18,22H2,1-4H3/t31-,34+,40+,46-/m0/s1. The summed E-state index contributed by atoms with van der Waals surface area (Å²) in [7, 11) is 6.02. The van der Waals surface area contributed by atoms with E-state index in [2.05, 4.69) is 20.9 Å². The van der Waals surface area contributed by atoms with Gasteiger partial charge in [-0.05, 0) is 41.3 Å². The molecular weight excluding hydrogens is 846 g/mol. The van der Waals surface area contributed by atoms with E-state index in [1.54, 1.807) is 55.6 Å². The molecule has 3 heterocycles. The highest BCUT2D eigenvalue weighted by molar-refractivity contribution is 9.10. The predicted octanol–water partition coefficient (Wildman–Crippen LogP) is 5.25. The van der Waals surface area contributed by atoms with Crippen molar-refractivity contribution >= 4 is 44.1 Å². The molecule has 0 radical (unpaired) electrons. The fraction of sp³-hybridized carbons (Fsp3) is 0.261. The van der Waals surface area contributed by atoms with Crippen molar-refractivity contribution in [3.8, 4) is 23.0 Å². The number of aromatic hydroxyl groups is 1. The van der Waals surface area contributed by atoms with Crippen LogP contribution in [0.2, 0.25) is 0 Å². The molecule has 1 aliphatic heterocycles. The lowest BCUT2D eigenvalue weighted by Gasteiger charge is -2.54. The number of ether oxygens (including phenoxy) is 3. The first-order valence-corrected chi connectivity index (χ1v) is 20.4. The van der Waals surface area contributed by atoms with E-state index in [1.807, 2.05) is 42.5 Å². The second-order valence-corrected chi connectivity index (χ2v) is 16.3. The van der Waals surface area contributed by atoms with Gasteiger partial charge >= 0.3 is 11.4 Å². The zero-order valence-corrected chi connectivity index (χ0v) is 35.2. The summed E-state index contributed by atoms with van der Waals surface area (Å²) in [6.07, 6.45) is 3.18. The molecule has 9 rings (SSSR count). The van der Waals surface area contributed by atoms with Gasteiger partial charge in [0.2, 0.25) is 0 Å². The molecule has 310 valence electrons. The minimum absolute atomic E-state index is 0.0146. The van der Waals surface area contributed by atoms with Gasteiger partial charge in [-0.2, -0.15) is 0 Å². The van der Waals surface area contributed by atoms with E-state index in [0.29, 0.717) is 49.3 Å². The number of aryl methyl sites for hydroxylation is 2. The average Bonchev–Trinajstić information content (AvgIpc) is 3.53. The van der Waals surface area contributed by atoms with Gasteiger partial charge in [0, 0.05) is 59.6 Å². The third-order valence-corrected chi connectivity index (χ3v) is 13.0. The van der Waals surface area contributed by atoms with Gasteiger partial charge in [0.05, 0.1) is 50.4 Å². The lowest BCUT2D eigenvalue weighted by Crippen LogP contribution is -2.58.